The lowest BCUT2D eigenvalue weighted by molar-refractivity contribution is -0.141. The van der Waals surface area contributed by atoms with Crippen molar-refractivity contribution in [3.8, 4) is 0 Å². The Balaban J connectivity index is 1.98. The SMILES string of the molecule is O=C(N[C@H]1CC[C@@H](C(=O)O)C1)c1ccc(Cl)c(Cl)c1. The fourth-order valence-corrected chi connectivity index (χ4v) is 2.54. The summed E-state index contributed by atoms with van der Waals surface area (Å²) in [5, 5.41) is 12.4. The standard InChI is InChI=1S/C13H13Cl2NO3/c14-10-4-2-7(6-11(10)15)12(17)16-9-3-1-8(5-9)13(18)19/h2,4,6,8-9H,1,3,5H2,(H,16,17)(H,18,19)/t8-,9+/m1/s1. The zero-order chi connectivity index (χ0) is 14.0. The molecule has 0 aromatic heterocycles. The minimum atomic E-state index is -0.800. The van der Waals surface area contributed by atoms with Gasteiger partial charge in [-0.25, -0.2) is 0 Å². The molecule has 0 bridgehead atoms. The largest absolute Gasteiger partial charge is 0.481 e. The zero-order valence-corrected chi connectivity index (χ0v) is 11.5. The summed E-state index contributed by atoms with van der Waals surface area (Å²) in [6, 6.07) is 4.56. The molecule has 1 fully saturated rings. The van der Waals surface area contributed by atoms with E-state index >= 15 is 0 Å². The van der Waals surface area contributed by atoms with Crippen molar-refractivity contribution >= 4 is 35.1 Å². The molecule has 0 aliphatic heterocycles. The van der Waals surface area contributed by atoms with Crippen LogP contribution in [-0.4, -0.2) is 23.0 Å². The fourth-order valence-electron chi connectivity index (χ4n) is 2.24. The minimum absolute atomic E-state index is 0.0944. The van der Waals surface area contributed by atoms with Gasteiger partial charge in [0.25, 0.3) is 5.91 Å². The predicted molar refractivity (Wildman–Crippen MR) is 72.7 cm³/mol. The van der Waals surface area contributed by atoms with Crippen LogP contribution in [0.5, 0.6) is 0 Å². The number of carbonyl (C=O) groups excluding carboxylic acids is 1. The summed E-state index contributed by atoms with van der Waals surface area (Å²) in [4.78, 5) is 22.8. The van der Waals surface area contributed by atoms with Gasteiger partial charge in [0.2, 0.25) is 0 Å². The molecule has 0 saturated heterocycles. The second-order valence-corrected chi connectivity index (χ2v) is 5.46. The lowest BCUT2D eigenvalue weighted by atomic mass is 10.1. The number of halogens is 2. The Bertz CT molecular complexity index is 519. The van der Waals surface area contributed by atoms with Crippen LogP contribution in [0.25, 0.3) is 0 Å². The summed E-state index contributed by atoms with van der Waals surface area (Å²) in [6.07, 6.45) is 1.76. The zero-order valence-electron chi connectivity index (χ0n) is 10.0. The second kappa shape index (κ2) is 5.80. The molecule has 19 heavy (non-hydrogen) atoms. The van der Waals surface area contributed by atoms with Gasteiger partial charge >= 0.3 is 5.97 Å². The van der Waals surface area contributed by atoms with E-state index in [4.69, 9.17) is 28.3 Å². The van der Waals surface area contributed by atoms with Crippen molar-refractivity contribution in [1.29, 1.82) is 0 Å². The summed E-state index contributed by atoms with van der Waals surface area (Å²) >= 11 is 11.6. The number of carbonyl (C=O) groups is 2. The third-order valence-corrected chi connectivity index (χ3v) is 4.04. The molecule has 1 aliphatic rings. The molecule has 102 valence electrons. The van der Waals surface area contributed by atoms with Crippen LogP contribution in [0.3, 0.4) is 0 Å². The Labute approximate surface area is 120 Å². The van der Waals surface area contributed by atoms with Crippen molar-refractivity contribution in [3.63, 3.8) is 0 Å². The number of nitrogens with one attached hydrogen (secondary N) is 1. The van der Waals surface area contributed by atoms with Crippen molar-refractivity contribution in [2.45, 2.75) is 25.3 Å². The molecule has 1 aromatic rings. The Kier molecular flexibility index (Phi) is 4.32. The molecule has 0 heterocycles. The van der Waals surface area contributed by atoms with Gasteiger partial charge < -0.3 is 10.4 Å². The molecule has 1 aromatic carbocycles. The number of hydrogen-bond acceptors (Lipinski definition) is 2. The van der Waals surface area contributed by atoms with E-state index in [0.29, 0.717) is 34.9 Å². The number of hydrogen-bond donors (Lipinski definition) is 2. The number of amides is 1. The van der Waals surface area contributed by atoms with E-state index in [1.807, 2.05) is 0 Å². The van der Waals surface area contributed by atoms with Crippen molar-refractivity contribution in [2.75, 3.05) is 0 Å². The minimum Gasteiger partial charge on any atom is -0.481 e. The first-order chi connectivity index (χ1) is 8.97. The first kappa shape index (κ1) is 14.2. The topological polar surface area (TPSA) is 66.4 Å². The molecule has 2 atom stereocenters. The average Bonchev–Trinajstić information content (AvgIpc) is 2.81. The number of carboxylic acids is 1. The van der Waals surface area contributed by atoms with Crippen LogP contribution in [0.1, 0.15) is 29.6 Å². The normalized spacial score (nSPS) is 22.2. The highest BCUT2D eigenvalue weighted by atomic mass is 35.5. The van der Waals surface area contributed by atoms with Crippen LogP contribution in [0, 0.1) is 5.92 Å². The van der Waals surface area contributed by atoms with Crippen LogP contribution in [0.15, 0.2) is 18.2 Å². The lowest BCUT2D eigenvalue weighted by Crippen LogP contribution is -2.33. The number of carboxylic acid groups (broad SMARTS) is 1. The summed E-state index contributed by atoms with van der Waals surface area (Å²) in [6.45, 7) is 0. The monoisotopic (exact) mass is 301 g/mol. The first-order valence-corrected chi connectivity index (χ1v) is 6.71. The van der Waals surface area contributed by atoms with E-state index in [1.54, 1.807) is 12.1 Å². The molecule has 4 nitrogen and oxygen atoms in total. The van der Waals surface area contributed by atoms with E-state index in [9.17, 15) is 9.59 Å². The molecule has 1 amide bonds. The van der Waals surface area contributed by atoms with E-state index < -0.39 is 5.97 Å². The van der Waals surface area contributed by atoms with Crippen molar-refractivity contribution in [1.82, 2.24) is 5.32 Å². The molecule has 1 saturated carbocycles. The van der Waals surface area contributed by atoms with Gasteiger partial charge in [-0.3, -0.25) is 9.59 Å². The molecule has 0 spiro atoms. The van der Waals surface area contributed by atoms with Crippen molar-refractivity contribution in [3.05, 3.63) is 33.8 Å². The first-order valence-electron chi connectivity index (χ1n) is 5.96. The summed E-state index contributed by atoms with van der Waals surface area (Å²) in [5.41, 5.74) is 0.424. The summed E-state index contributed by atoms with van der Waals surface area (Å²) in [7, 11) is 0. The lowest BCUT2D eigenvalue weighted by Gasteiger charge is -2.12. The van der Waals surface area contributed by atoms with Gasteiger partial charge in [0.15, 0.2) is 0 Å². The molecular weight excluding hydrogens is 289 g/mol. The second-order valence-electron chi connectivity index (χ2n) is 4.65. The van der Waals surface area contributed by atoms with E-state index in [0.717, 1.165) is 0 Å². The molecule has 2 rings (SSSR count). The van der Waals surface area contributed by atoms with Gasteiger partial charge in [-0.1, -0.05) is 23.2 Å². The van der Waals surface area contributed by atoms with Crippen molar-refractivity contribution in [2.24, 2.45) is 5.92 Å². The van der Waals surface area contributed by atoms with Crippen LogP contribution in [0.2, 0.25) is 10.0 Å². The third kappa shape index (κ3) is 3.39. The number of benzene rings is 1. The van der Waals surface area contributed by atoms with Crippen LogP contribution < -0.4 is 5.32 Å². The number of aliphatic carboxylic acids is 1. The molecule has 6 heteroatoms. The maximum absolute atomic E-state index is 12.0. The van der Waals surface area contributed by atoms with E-state index in [-0.39, 0.29) is 17.9 Å². The third-order valence-electron chi connectivity index (χ3n) is 3.30. The van der Waals surface area contributed by atoms with Gasteiger partial charge in [0, 0.05) is 11.6 Å². The summed E-state index contributed by atoms with van der Waals surface area (Å²) < 4.78 is 0. The van der Waals surface area contributed by atoms with Gasteiger partial charge in [0.05, 0.1) is 16.0 Å². The highest BCUT2D eigenvalue weighted by Gasteiger charge is 2.30. The molecule has 0 radical (unpaired) electrons. The Morgan fingerprint density at radius 1 is 1.21 bits per heavy atom. The Morgan fingerprint density at radius 2 is 1.95 bits per heavy atom. The van der Waals surface area contributed by atoms with Crippen LogP contribution >= 0.6 is 23.2 Å². The average molecular weight is 302 g/mol. The van der Waals surface area contributed by atoms with Gasteiger partial charge in [-0.15, -0.1) is 0 Å². The van der Waals surface area contributed by atoms with Gasteiger partial charge in [0.1, 0.15) is 0 Å². The predicted octanol–water partition coefficient (Wildman–Crippen LogP) is 2.98. The molecular formula is C13H13Cl2NO3. The highest BCUT2D eigenvalue weighted by molar-refractivity contribution is 6.42. The van der Waals surface area contributed by atoms with Crippen LogP contribution in [0.4, 0.5) is 0 Å². The molecule has 1 aliphatic carbocycles. The van der Waals surface area contributed by atoms with Crippen LogP contribution in [-0.2, 0) is 4.79 Å². The number of rotatable bonds is 3. The Morgan fingerprint density at radius 3 is 2.53 bits per heavy atom. The van der Waals surface area contributed by atoms with Crippen molar-refractivity contribution < 1.29 is 14.7 Å². The molecule has 0 unspecified atom stereocenters. The maximum Gasteiger partial charge on any atom is 0.306 e. The molecule has 2 N–H and O–H groups in total. The smallest absolute Gasteiger partial charge is 0.306 e. The van der Waals surface area contributed by atoms with E-state index in [1.165, 1.54) is 6.07 Å². The van der Waals surface area contributed by atoms with Gasteiger partial charge in [-0.2, -0.15) is 0 Å². The van der Waals surface area contributed by atoms with Gasteiger partial charge in [-0.05, 0) is 37.5 Å². The Hall–Kier alpha value is -1.26. The maximum atomic E-state index is 12.0. The quantitative estimate of drug-likeness (QED) is 0.902. The summed E-state index contributed by atoms with van der Waals surface area (Å²) in [5.74, 6) is -1.42. The highest BCUT2D eigenvalue weighted by Crippen LogP contribution is 2.26. The van der Waals surface area contributed by atoms with E-state index in [2.05, 4.69) is 5.32 Å². The fraction of sp³-hybridized carbons (Fsp3) is 0.385.